The van der Waals surface area contributed by atoms with Gasteiger partial charge < -0.3 is 14.6 Å². The highest BCUT2D eigenvalue weighted by molar-refractivity contribution is 8.26. The van der Waals surface area contributed by atoms with Crippen molar-refractivity contribution in [1.29, 1.82) is 0 Å². The van der Waals surface area contributed by atoms with E-state index in [1.807, 2.05) is 73.7 Å². The molecule has 0 bridgehead atoms. The summed E-state index contributed by atoms with van der Waals surface area (Å²) in [4.78, 5) is 25.3. The third-order valence-corrected chi connectivity index (χ3v) is 7.24. The topological polar surface area (TPSA) is 76.1 Å². The van der Waals surface area contributed by atoms with Crippen LogP contribution in [-0.4, -0.2) is 39.4 Å². The molecular weight excluding hydrogens is 506 g/mol. The summed E-state index contributed by atoms with van der Waals surface area (Å²) < 4.78 is 12.8. The first-order valence-corrected chi connectivity index (χ1v) is 13.0. The van der Waals surface area contributed by atoms with Crippen LogP contribution in [0.4, 0.5) is 0 Å². The number of nitrogens with zero attached hydrogens (tertiary/aromatic N) is 1. The van der Waals surface area contributed by atoms with Gasteiger partial charge in [-0.1, -0.05) is 97.6 Å². The maximum absolute atomic E-state index is 12.7. The number of benzene rings is 3. The molecule has 8 heteroatoms. The lowest BCUT2D eigenvalue weighted by Gasteiger charge is -2.20. The highest BCUT2D eigenvalue weighted by Crippen LogP contribution is 2.36. The van der Waals surface area contributed by atoms with Crippen molar-refractivity contribution in [2.45, 2.75) is 25.9 Å². The van der Waals surface area contributed by atoms with Gasteiger partial charge in [0.25, 0.3) is 5.91 Å². The fourth-order valence-corrected chi connectivity index (χ4v) is 5.08. The number of hydrogen-bond donors (Lipinski definition) is 1. The van der Waals surface area contributed by atoms with Crippen LogP contribution >= 0.6 is 24.0 Å². The van der Waals surface area contributed by atoms with Crippen LogP contribution in [0.15, 0.2) is 83.8 Å². The van der Waals surface area contributed by atoms with Gasteiger partial charge in [0.1, 0.15) is 17.0 Å². The molecule has 0 aliphatic carbocycles. The summed E-state index contributed by atoms with van der Waals surface area (Å²) in [5.41, 5.74) is 2.92. The number of ether oxygens (including phenoxy) is 2. The summed E-state index contributed by atoms with van der Waals surface area (Å²) in [6.07, 6.45) is 1.46. The summed E-state index contributed by atoms with van der Waals surface area (Å²) in [6, 6.07) is 25.5. The molecule has 6 nitrogen and oxygen atoms in total. The second kappa shape index (κ2) is 12.1. The van der Waals surface area contributed by atoms with Crippen molar-refractivity contribution in [1.82, 2.24) is 4.90 Å². The summed E-state index contributed by atoms with van der Waals surface area (Å²) in [7, 11) is 0. The van der Waals surface area contributed by atoms with Crippen LogP contribution < -0.4 is 9.47 Å². The largest absolute Gasteiger partial charge is 0.489 e. The quantitative estimate of drug-likeness (QED) is 0.242. The van der Waals surface area contributed by atoms with Crippen molar-refractivity contribution in [2.75, 3.05) is 13.2 Å². The molecule has 1 N–H and O–H groups in total. The summed E-state index contributed by atoms with van der Waals surface area (Å²) in [5, 5.41) is 9.08. The van der Waals surface area contributed by atoms with Gasteiger partial charge in [0.2, 0.25) is 0 Å². The highest BCUT2D eigenvalue weighted by Gasteiger charge is 2.33. The first-order chi connectivity index (χ1) is 17.8. The van der Waals surface area contributed by atoms with E-state index in [1.54, 1.807) is 6.08 Å². The van der Waals surface area contributed by atoms with E-state index in [-0.39, 0.29) is 16.3 Å². The molecule has 1 unspecified atom stereocenters. The molecule has 2 atom stereocenters. The number of thiocarbonyl (C=S) groups is 1. The molecular formula is C29H27NO5S2. The van der Waals surface area contributed by atoms with Crippen LogP contribution in [-0.2, 0) is 9.59 Å². The third kappa shape index (κ3) is 6.78. The second-order valence-corrected chi connectivity index (χ2v) is 10.3. The Morgan fingerprint density at radius 1 is 1.00 bits per heavy atom. The smallest absolute Gasteiger partial charge is 0.323 e. The molecule has 1 fully saturated rings. The number of aliphatic carboxylic acids is 1. The van der Waals surface area contributed by atoms with Crippen molar-refractivity contribution in [2.24, 2.45) is 0 Å². The molecule has 1 heterocycles. The lowest BCUT2D eigenvalue weighted by Crippen LogP contribution is -2.33. The highest BCUT2D eigenvalue weighted by atomic mass is 32.2. The van der Waals surface area contributed by atoms with Gasteiger partial charge >= 0.3 is 5.97 Å². The van der Waals surface area contributed by atoms with E-state index in [2.05, 4.69) is 19.1 Å². The van der Waals surface area contributed by atoms with Crippen molar-refractivity contribution in [3.63, 3.8) is 0 Å². The molecule has 0 aromatic heterocycles. The molecule has 37 heavy (non-hydrogen) atoms. The van der Waals surface area contributed by atoms with E-state index >= 15 is 0 Å². The van der Waals surface area contributed by atoms with Gasteiger partial charge in [-0.2, -0.15) is 0 Å². The standard InChI is InChI=1S/C29H27NO5S2/c1-19(22-9-5-3-6-10-22)18-34-24-14-13-21(15-25(24)35-20(2)23-11-7-4-8-12-23)16-26-28(33)30(17-27(31)32)29(36)37-26/h3-16,19-20H,17-18H2,1-2H3,(H,31,32)/b26-16+/t19-,20?/m1/s1. The van der Waals surface area contributed by atoms with Crippen molar-refractivity contribution in [3.8, 4) is 11.5 Å². The van der Waals surface area contributed by atoms with E-state index in [4.69, 9.17) is 26.8 Å². The number of carboxylic acids is 1. The van der Waals surface area contributed by atoms with E-state index in [9.17, 15) is 9.59 Å². The fourth-order valence-electron chi connectivity index (χ4n) is 3.82. The normalized spacial score (nSPS) is 16.1. The molecule has 1 saturated heterocycles. The number of carboxylic acid groups (broad SMARTS) is 1. The minimum atomic E-state index is -1.12. The minimum Gasteiger partial charge on any atom is -0.489 e. The minimum absolute atomic E-state index is 0.177. The lowest BCUT2D eigenvalue weighted by atomic mass is 10.0. The molecule has 3 aromatic rings. The van der Waals surface area contributed by atoms with E-state index < -0.39 is 18.4 Å². The maximum Gasteiger partial charge on any atom is 0.323 e. The van der Waals surface area contributed by atoms with Gasteiger partial charge in [0.05, 0.1) is 11.5 Å². The Morgan fingerprint density at radius 3 is 2.30 bits per heavy atom. The number of carbonyl (C=O) groups is 2. The number of rotatable bonds is 10. The van der Waals surface area contributed by atoms with E-state index in [1.165, 1.54) is 5.56 Å². The zero-order chi connectivity index (χ0) is 26.4. The summed E-state index contributed by atoms with van der Waals surface area (Å²) >= 11 is 6.29. The number of hydrogen-bond acceptors (Lipinski definition) is 6. The Morgan fingerprint density at radius 2 is 1.65 bits per heavy atom. The summed E-state index contributed by atoms with van der Waals surface area (Å²) in [6.45, 7) is 4.08. The number of amides is 1. The Bertz CT molecular complexity index is 1310. The predicted octanol–water partition coefficient (Wildman–Crippen LogP) is 6.29. The van der Waals surface area contributed by atoms with Crippen LogP contribution in [0.5, 0.6) is 11.5 Å². The fraction of sp³-hybridized carbons (Fsp3) is 0.207. The summed E-state index contributed by atoms with van der Waals surface area (Å²) in [5.74, 6) is -0.215. The van der Waals surface area contributed by atoms with Crippen molar-refractivity contribution in [3.05, 3.63) is 100 Å². The lowest BCUT2D eigenvalue weighted by molar-refractivity contribution is -0.140. The van der Waals surface area contributed by atoms with E-state index in [0.29, 0.717) is 23.0 Å². The Kier molecular flexibility index (Phi) is 8.63. The van der Waals surface area contributed by atoms with Crippen LogP contribution in [0.1, 0.15) is 42.6 Å². The van der Waals surface area contributed by atoms with Gasteiger partial charge in [-0.05, 0) is 41.8 Å². The average molecular weight is 534 g/mol. The third-order valence-electron chi connectivity index (χ3n) is 5.86. The van der Waals surface area contributed by atoms with Gasteiger partial charge in [0.15, 0.2) is 11.5 Å². The molecule has 4 rings (SSSR count). The zero-order valence-electron chi connectivity index (χ0n) is 20.5. The molecule has 3 aromatic carbocycles. The Labute approximate surface area is 225 Å². The monoisotopic (exact) mass is 533 g/mol. The maximum atomic E-state index is 12.7. The predicted molar refractivity (Wildman–Crippen MR) is 150 cm³/mol. The molecule has 1 aliphatic heterocycles. The SMILES string of the molecule is CC(Oc1cc(/C=C2/SC(=S)N(CC(=O)O)C2=O)ccc1OC[C@@H](C)c1ccccc1)c1ccccc1. The average Bonchev–Trinajstić information content (AvgIpc) is 3.15. The van der Waals surface area contributed by atoms with Crippen LogP contribution in [0.25, 0.3) is 6.08 Å². The Hall–Kier alpha value is -3.62. The molecule has 0 spiro atoms. The molecule has 1 amide bonds. The number of carbonyl (C=O) groups excluding carboxylic acids is 1. The Balaban J connectivity index is 1.59. The molecule has 0 saturated carbocycles. The first kappa shape index (κ1) is 26.4. The molecule has 1 aliphatic rings. The van der Waals surface area contributed by atoms with Crippen molar-refractivity contribution >= 4 is 46.3 Å². The van der Waals surface area contributed by atoms with Crippen LogP contribution in [0.3, 0.4) is 0 Å². The first-order valence-electron chi connectivity index (χ1n) is 11.8. The zero-order valence-corrected chi connectivity index (χ0v) is 22.1. The van der Waals surface area contributed by atoms with Crippen LogP contribution in [0.2, 0.25) is 0 Å². The van der Waals surface area contributed by atoms with E-state index in [0.717, 1.165) is 27.8 Å². The molecule has 0 radical (unpaired) electrons. The number of thioether (sulfide) groups is 1. The van der Waals surface area contributed by atoms with Gasteiger partial charge in [-0.25, -0.2) is 0 Å². The van der Waals surface area contributed by atoms with Gasteiger partial charge in [0, 0.05) is 5.92 Å². The van der Waals surface area contributed by atoms with Gasteiger partial charge in [-0.15, -0.1) is 0 Å². The van der Waals surface area contributed by atoms with Gasteiger partial charge in [-0.3, -0.25) is 14.5 Å². The van der Waals surface area contributed by atoms with Crippen LogP contribution in [0, 0.1) is 0 Å². The van der Waals surface area contributed by atoms with Crippen molar-refractivity contribution < 1.29 is 24.2 Å². The second-order valence-electron chi connectivity index (χ2n) is 8.66. The molecule has 190 valence electrons.